The Bertz CT molecular complexity index is 96.6. The zero-order chi connectivity index (χ0) is 7.82. The predicted molar refractivity (Wildman–Crippen MR) is 41.7 cm³/mol. The topological polar surface area (TPSA) is 55.8 Å². The number of rotatable bonds is 5. The van der Waals surface area contributed by atoms with Gasteiger partial charge in [-0.2, -0.15) is 0 Å². The summed E-state index contributed by atoms with van der Waals surface area (Å²) < 4.78 is 9.35. The summed E-state index contributed by atoms with van der Waals surface area (Å²) in [6, 6.07) is 0. The monoisotopic (exact) mass is 188 g/mol. The maximum atomic E-state index is 10.1. The third-order valence-corrected chi connectivity index (χ3v) is 0.769. The molecule has 5 heteroatoms. The van der Waals surface area contributed by atoms with E-state index in [-0.39, 0.29) is 70.6 Å². The van der Waals surface area contributed by atoms with Crippen LogP contribution in [0.4, 0.5) is 0 Å². The molecule has 0 aliphatic rings. The molecule has 0 unspecified atom stereocenters. The van der Waals surface area contributed by atoms with Gasteiger partial charge < -0.3 is 14.6 Å². The Labute approximate surface area is 109 Å². The Balaban J connectivity index is 0. The van der Waals surface area contributed by atoms with Crippen LogP contribution in [-0.4, -0.2) is 88.9 Å². The summed E-state index contributed by atoms with van der Waals surface area (Å²) >= 11 is 0. The number of hydrogen-bond acceptors (Lipinski definition) is 4. The van der Waals surface area contributed by atoms with Gasteiger partial charge in [0.1, 0.15) is 6.61 Å². The van der Waals surface area contributed by atoms with Crippen LogP contribution in [0.15, 0.2) is 0 Å². The van der Waals surface area contributed by atoms with Crippen LogP contribution >= 0.6 is 0 Å². The molecule has 0 aliphatic carbocycles. The summed E-state index contributed by atoms with van der Waals surface area (Å²) in [5, 5.41) is 8.24. The first kappa shape index (κ1) is 14.5. The van der Waals surface area contributed by atoms with E-state index in [0.29, 0.717) is 13.2 Å². The molecule has 0 amide bonds. The molecule has 0 aromatic rings. The molecule has 0 heterocycles. The summed E-state index contributed by atoms with van der Waals surface area (Å²) in [4.78, 5) is 10.1. The molecule has 62 valence electrons. The Kier molecular flexibility index (Phi) is 14.6. The van der Waals surface area contributed by atoms with Gasteiger partial charge >= 0.3 is 57.4 Å². The average Bonchev–Trinajstić information content (AvgIpc) is 1.87. The first-order chi connectivity index (χ1) is 4.77. The molecule has 0 aliphatic heterocycles. The van der Waals surface area contributed by atoms with Gasteiger partial charge in [0.05, 0.1) is 19.8 Å². The van der Waals surface area contributed by atoms with E-state index in [4.69, 9.17) is 9.84 Å². The minimum absolute atomic E-state index is 0. The van der Waals surface area contributed by atoms with E-state index in [1.165, 1.54) is 6.92 Å². The Morgan fingerprint density at radius 1 is 1.36 bits per heavy atom. The second-order valence-electron chi connectivity index (χ2n) is 1.68. The van der Waals surface area contributed by atoms with Crippen LogP contribution in [0.3, 0.4) is 0 Å². The number of hydrogen-bond donors (Lipinski definition) is 1. The van der Waals surface area contributed by atoms with Gasteiger partial charge in [0.2, 0.25) is 0 Å². The predicted octanol–water partition coefficient (Wildman–Crippen LogP) is -1.09. The molecule has 0 saturated heterocycles. The molecule has 0 radical (unpaired) electrons. The third-order valence-electron chi connectivity index (χ3n) is 0.769. The molecule has 0 aromatic heterocycles. The van der Waals surface area contributed by atoms with Crippen molar-refractivity contribution in [3.8, 4) is 0 Å². The standard InChI is InChI=1S/C6H12O4.K.H/c1-6(8)10-5-4-9-3-2-7;;/h7H,2-5H2,1H3;;. The number of esters is 1. The summed E-state index contributed by atoms with van der Waals surface area (Å²) in [6.45, 7) is 2.24. The van der Waals surface area contributed by atoms with Crippen molar-refractivity contribution >= 4 is 57.4 Å². The summed E-state index contributed by atoms with van der Waals surface area (Å²) in [7, 11) is 0. The van der Waals surface area contributed by atoms with Gasteiger partial charge in [0.15, 0.2) is 0 Å². The van der Waals surface area contributed by atoms with Crippen LogP contribution in [0.5, 0.6) is 0 Å². The van der Waals surface area contributed by atoms with Gasteiger partial charge in [0.25, 0.3) is 0 Å². The quantitative estimate of drug-likeness (QED) is 0.338. The molecule has 0 bridgehead atoms. The molecule has 0 saturated carbocycles. The molecular weight excluding hydrogens is 175 g/mol. The number of ether oxygens (including phenoxy) is 2. The summed E-state index contributed by atoms with van der Waals surface area (Å²) in [6.07, 6.45) is 0. The van der Waals surface area contributed by atoms with E-state index in [2.05, 4.69) is 4.74 Å². The molecule has 0 rings (SSSR count). The SMILES string of the molecule is CC(=O)OCCOCCO.[KH]. The molecule has 4 nitrogen and oxygen atoms in total. The van der Waals surface area contributed by atoms with Gasteiger partial charge in [0, 0.05) is 6.92 Å². The number of aliphatic hydroxyl groups is 1. The van der Waals surface area contributed by atoms with Crippen LogP contribution in [0.25, 0.3) is 0 Å². The Hall–Kier alpha value is 1.03. The van der Waals surface area contributed by atoms with Crippen LogP contribution in [0.2, 0.25) is 0 Å². The first-order valence-electron chi connectivity index (χ1n) is 3.09. The van der Waals surface area contributed by atoms with Gasteiger partial charge in [-0.25, -0.2) is 0 Å². The maximum absolute atomic E-state index is 10.1. The number of aliphatic hydroxyl groups excluding tert-OH is 1. The van der Waals surface area contributed by atoms with E-state index in [1.54, 1.807) is 0 Å². The van der Waals surface area contributed by atoms with Crippen molar-refractivity contribution in [3.05, 3.63) is 0 Å². The van der Waals surface area contributed by atoms with E-state index >= 15 is 0 Å². The Morgan fingerprint density at radius 3 is 2.45 bits per heavy atom. The number of carbonyl (C=O) groups excluding carboxylic acids is 1. The minimum atomic E-state index is -0.312. The van der Waals surface area contributed by atoms with Crippen LogP contribution in [-0.2, 0) is 14.3 Å². The van der Waals surface area contributed by atoms with Gasteiger partial charge in [-0.15, -0.1) is 0 Å². The van der Waals surface area contributed by atoms with Crippen LogP contribution in [0, 0.1) is 0 Å². The van der Waals surface area contributed by atoms with Crippen molar-refractivity contribution in [2.45, 2.75) is 6.92 Å². The molecule has 0 atom stereocenters. The molecule has 0 fully saturated rings. The zero-order valence-corrected chi connectivity index (χ0v) is 6.00. The van der Waals surface area contributed by atoms with E-state index in [1.807, 2.05) is 0 Å². The van der Waals surface area contributed by atoms with Crippen molar-refractivity contribution in [2.24, 2.45) is 0 Å². The number of carbonyl (C=O) groups is 1. The second kappa shape index (κ2) is 11.0. The van der Waals surface area contributed by atoms with Crippen molar-refractivity contribution in [3.63, 3.8) is 0 Å². The van der Waals surface area contributed by atoms with Gasteiger partial charge in [-0.05, 0) is 0 Å². The summed E-state index contributed by atoms with van der Waals surface area (Å²) in [5.74, 6) is -0.312. The zero-order valence-electron chi connectivity index (χ0n) is 6.00. The van der Waals surface area contributed by atoms with Crippen molar-refractivity contribution in [1.82, 2.24) is 0 Å². The van der Waals surface area contributed by atoms with Crippen molar-refractivity contribution in [1.29, 1.82) is 0 Å². The summed E-state index contributed by atoms with van der Waals surface area (Å²) in [5.41, 5.74) is 0. The van der Waals surface area contributed by atoms with Crippen molar-refractivity contribution < 1.29 is 19.4 Å². The fraction of sp³-hybridized carbons (Fsp3) is 0.833. The van der Waals surface area contributed by atoms with Crippen LogP contribution in [0.1, 0.15) is 6.92 Å². The molecular formula is C6H13KO4. The molecule has 1 N–H and O–H groups in total. The first-order valence-corrected chi connectivity index (χ1v) is 3.09. The average molecular weight is 188 g/mol. The molecule has 11 heavy (non-hydrogen) atoms. The normalized spacial score (nSPS) is 8.55. The van der Waals surface area contributed by atoms with E-state index in [0.717, 1.165) is 0 Å². The fourth-order valence-corrected chi connectivity index (χ4v) is 0.411. The molecule has 0 aromatic carbocycles. The van der Waals surface area contributed by atoms with E-state index in [9.17, 15) is 4.79 Å². The Morgan fingerprint density at radius 2 is 2.00 bits per heavy atom. The molecule has 0 spiro atoms. The van der Waals surface area contributed by atoms with Crippen molar-refractivity contribution in [2.75, 3.05) is 26.4 Å². The second-order valence-corrected chi connectivity index (χ2v) is 1.68. The fourth-order valence-electron chi connectivity index (χ4n) is 0.411. The third kappa shape index (κ3) is 13.9. The van der Waals surface area contributed by atoms with Gasteiger partial charge in [-0.3, -0.25) is 4.79 Å². The van der Waals surface area contributed by atoms with E-state index < -0.39 is 0 Å². The van der Waals surface area contributed by atoms with Crippen LogP contribution < -0.4 is 0 Å². The van der Waals surface area contributed by atoms with Gasteiger partial charge in [-0.1, -0.05) is 0 Å².